The molecule has 28 heavy (non-hydrogen) atoms. The van der Waals surface area contributed by atoms with E-state index in [1.165, 1.54) is 62.5 Å². The SMILES string of the molecule is C=C1CC[C@@H](O)C/C1=C\C=C1CCC[C@@]2(C)[C@H]1CC[C@H]2[C@H](C)CCCC(C)C. The van der Waals surface area contributed by atoms with Crippen molar-refractivity contribution in [3.05, 3.63) is 35.5 Å². The Morgan fingerprint density at radius 2 is 1.89 bits per heavy atom. The lowest BCUT2D eigenvalue weighted by Crippen LogP contribution is -2.36. The van der Waals surface area contributed by atoms with E-state index in [1.54, 1.807) is 5.57 Å². The highest BCUT2D eigenvalue weighted by atomic mass is 16.3. The van der Waals surface area contributed by atoms with Gasteiger partial charge in [-0.3, -0.25) is 0 Å². The van der Waals surface area contributed by atoms with Gasteiger partial charge in [0.2, 0.25) is 0 Å². The first-order valence-corrected chi connectivity index (χ1v) is 12.1. The summed E-state index contributed by atoms with van der Waals surface area (Å²) in [6, 6.07) is 0. The first-order chi connectivity index (χ1) is 13.3. The Balaban J connectivity index is 1.70. The van der Waals surface area contributed by atoms with Crippen LogP contribution in [0.25, 0.3) is 0 Å². The molecule has 0 unspecified atom stereocenters. The summed E-state index contributed by atoms with van der Waals surface area (Å²) in [5.74, 6) is 3.37. The zero-order valence-corrected chi connectivity index (χ0v) is 19.0. The topological polar surface area (TPSA) is 20.2 Å². The molecule has 0 heterocycles. The lowest BCUT2D eigenvalue weighted by Gasteiger charge is -2.44. The largest absolute Gasteiger partial charge is 0.393 e. The molecule has 1 heteroatoms. The van der Waals surface area contributed by atoms with Crippen molar-refractivity contribution in [3.63, 3.8) is 0 Å². The summed E-state index contributed by atoms with van der Waals surface area (Å²) in [7, 11) is 0. The number of rotatable bonds is 6. The van der Waals surface area contributed by atoms with Crippen LogP contribution in [0.2, 0.25) is 0 Å². The van der Waals surface area contributed by atoms with Crippen LogP contribution in [0.1, 0.15) is 98.3 Å². The Kier molecular flexibility index (Phi) is 7.29. The third-order valence-electron chi connectivity index (χ3n) is 8.35. The third-order valence-corrected chi connectivity index (χ3v) is 8.35. The van der Waals surface area contributed by atoms with Crippen molar-refractivity contribution in [2.24, 2.45) is 29.1 Å². The standard InChI is InChI=1S/C27H44O/c1-19(2)8-6-9-21(4)25-15-16-26-22(10-7-17-27(25,26)5)12-13-23-18-24(28)14-11-20(23)3/h12-13,19,21,24-26,28H,3,6-11,14-18H2,1-2,4-5H3/b22-12?,23-13+/t21-,24-,25+,26+,27-/m1/s1. The van der Waals surface area contributed by atoms with Gasteiger partial charge in [-0.05, 0) is 86.0 Å². The Hall–Kier alpha value is -0.820. The summed E-state index contributed by atoms with van der Waals surface area (Å²) < 4.78 is 0. The lowest BCUT2D eigenvalue weighted by atomic mass is 9.60. The predicted octanol–water partition coefficient (Wildman–Crippen LogP) is 7.62. The molecule has 3 rings (SSSR count). The fourth-order valence-electron chi connectivity index (χ4n) is 6.66. The minimum Gasteiger partial charge on any atom is -0.393 e. The van der Waals surface area contributed by atoms with Crippen LogP contribution in [-0.2, 0) is 0 Å². The molecule has 0 bridgehead atoms. The molecule has 0 aliphatic heterocycles. The number of allylic oxidation sites excluding steroid dienone is 4. The van der Waals surface area contributed by atoms with Crippen LogP contribution in [0.3, 0.4) is 0 Å². The molecule has 0 amide bonds. The highest BCUT2D eigenvalue weighted by Gasteiger charge is 2.50. The number of hydrogen-bond acceptors (Lipinski definition) is 1. The molecule has 3 saturated carbocycles. The van der Waals surface area contributed by atoms with Crippen molar-refractivity contribution in [2.75, 3.05) is 0 Å². The van der Waals surface area contributed by atoms with Gasteiger partial charge in [0.05, 0.1) is 6.10 Å². The summed E-state index contributed by atoms with van der Waals surface area (Å²) in [6.45, 7) is 14.1. The zero-order valence-electron chi connectivity index (χ0n) is 19.0. The van der Waals surface area contributed by atoms with Crippen LogP contribution in [0, 0.1) is 29.1 Å². The van der Waals surface area contributed by atoms with Crippen molar-refractivity contribution in [1.82, 2.24) is 0 Å². The fourth-order valence-corrected chi connectivity index (χ4v) is 6.66. The summed E-state index contributed by atoms with van der Waals surface area (Å²) >= 11 is 0. The third kappa shape index (κ3) is 4.84. The molecule has 1 nitrogen and oxygen atoms in total. The number of fused-ring (bicyclic) bond motifs is 1. The molecular formula is C27H44O. The number of aliphatic hydroxyl groups excluding tert-OH is 1. The van der Waals surface area contributed by atoms with Gasteiger partial charge in [-0.1, -0.05) is 76.8 Å². The van der Waals surface area contributed by atoms with E-state index in [0.717, 1.165) is 42.9 Å². The fraction of sp³-hybridized carbons (Fsp3) is 0.778. The Bertz CT molecular complexity index is 610. The van der Waals surface area contributed by atoms with Crippen LogP contribution >= 0.6 is 0 Å². The molecule has 3 aliphatic rings. The van der Waals surface area contributed by atoms with Crippen LogP contribution in [0.15, 0.2) is 35.5 Å². The van der Waals surface area contributed by atoms with E-state index in [9.17, 15) is 5.11 Å². The van der Waals surface area contributed by atoms with Gasteiger partial charge in [-0.2, -0.15) is 0 Å². The molecule has 1 N–H and O–H groups in total. The van der Waals surface area contributed by atoms with Gasteiger partial charge < -0.3 is 5.11 Å². The highest BCUT2D eigenvalue weighted by molar-refractivity contribution is 5.36. The van der Waals surface area contributed by atoms with Crippen molar-refractivity contribution >= 4 is 0 Å². The maximum absolute atomic E-state index is 10.0. The summed E-state index contributed by atoms with van der Waals surface area (Å²) in [5, 5.41) is 10.0. The molecular weight excluding hydrogens is 340 g/mol. The minimum absolute atomic E-state index is 0.172. The molecule has 0 aromatic rings. The summed E-state index contributed by atoms with van der Waals surface area (Å²) in [6.07, 6.45) is 18.2. The monoisotopic (exact) mass is 384 g/mol. The van der Waals surface area contributed by atoms with E-state index in [1.807, 2.05) is 0 Å². The van der Waals surface area contributed by atoms with E-state index in [0.29, 0.717) is 5.41 Å². The lowest BCUT2D eigenvalue weighted by molar-refractivity contribution is 0.0929. The zero-order chi connectivity index (χ0) is 20.3. The maximum atomic E-state index is 10.0. The number of aliphatic hydroxyl groups is 1. The van der Waals surface area contributed by atoms with E-state index in [2.05, 4.69) is 46.4 Å². The molecule has 0 aromatic heterocycles. The molecule has 0 spiro atoms. The minimum atomic E-state index is -0.172. The highest BCUT2D eigenvalue weighted by Crippen LogP contribution is 2.59. The van der Waals surface area contributed by atoms with Crippen molar-refractivity contribution in [1.29, 1.82) is 0 Å². The Labute approximate surface area is 174 Å². The molecule has 0 radical (unpaired) electrons. The van der Waals surface area contributed by atoms with Crippen molar-refractivity contribution < 1.29 is 5.11 Å². The van der Waals surface area contributed by atoms with Gasteiger partial charge in [-0.15, -0.1) is 0 Å². The average molecular weight is 385 g/mol. The van der Waals surface area contributed by atoms with E-state index in [-0.39, 0.29) is 6.10 Å². The molecule has 5 atom stereocenters. The molecule has 3 aliphatic carbocycles. The van der Waals surface area contributed by atoms with Gasteiger partial charge in [-0.25, -0.2) is 0 Å². The van der Waals surface area contributed by atoms with E-state index < -0.39 is 0 Å². The van der Waals surface area contributed by atoms with Crippen LogP contribution < -0.4 is 0 Å². The average Bonchev–Trinajstić information content (AvgIpc) is 2.99. The molecule has 158 valence electrons. The predicted molar refractivity (Wildman–Crippen MR) is 121 cm³/mol. The second kappa shape index (κ2) is 9.33. The maximum Gasteiger partial charge on any atom is 0.0583 e. The smallest absolute Gasteiger partial charge is 0.0583 e. The van der Waals surface area contributed by atoms with E-state index in [4.69, 9.17) is 0 Å². The quantitative estimate of drug-likeness (QED) is 0.499. The summed E-state index contributed by atoms with van der Waals surface area (Å²) in [5.41, 5.74) is 4.72. The molecule has 3 fully saturated rings. The number of hydrogen-bond donors (Lipinski definition) is 1. The van der Waals surface area contributed by atoms with Crippen molar-refractivity contribution in [3.8, 4) is 0 Å². The van der Waals surface area contributed by atoms with Gasteiger partial charge in [0, 0.05) is 0 Å². The Morgan fingerprint density at radius 3 is 2.64 bits per heavy atom. The first-order valence-electron chi connectivity index (χ1n) is 12.1. The van der Waals surface area contributed by atoms with Gasteiger partial charge >= 0.3 is 0 Å². The Morgan fingerprint density at radius 1 is 1.11 bits per heavy atom. The second-order valence-corrected chi connectivity index (χ2v) is 10.8. The van der Waals surface area contributed by atoms with Gasteiger partial charge in [0.25, 0.3) is 0 Å². The first kappa shape index (κ1) is 21.9. The van der Waals surface area contributed by atoms with Crippen LogP contribution in [0.4, 0.5) is 0 Å². The van der Waals surface area contributed by atoms with Crippen LogP contribution in [0.5, 0.6) is 0 Å². The molecule has 0 saturated heterocycles. The normalized spacial score (nSPS) is 37.6. The second-order valence-electron chi connectivity index (χ2n) is 10.8. The van der Waals surface area contributed by atoms with Gasteiger partial charge in [0.15, 0.2) is 0 Å². The van der Waals surface area contributed by atoms with Gasteiger partial charge in [0.1, 0.15) is 0 Å². The van der Waals surface area contributed by atoms with Crippen molar-refractivity contribution in [2.45, 2.75) is 104 Å². The van der Waals surface area contributed by atoms with E-state index >= 15 is 0 Å². The molecule has 0 aromatic carbocycles. The summed E-state index contributed by atoms with van der Waals surface area (Å²) in [4.78, 5) is 0. The van der Waals surface area contributed by atoms with Crippen LogP contribution in [-0.4, -0.2) is 11.2 Å².